The molecule has 254 valence electrons. The fourth-order valence-electron chi connectivity index (χ4n) is 7.89. The first-order chi connectivity index (χ1) is 26.8. The van der Waals surface area contributed by atoms with Crippen molar-refractivity contribution < 1.29 is 4.42 Å². The molecule has 0 spiro atoms. The molecule has 0 atom stereocenters. The first-order valence-corrected chi connectivity index (χ1v) is 18.4. The van der Waals surface area contributed by atoms with Gasteiger partial charge in [0.25, 0.3) is 0 Å². The zero-order valence-corrected chi connectivity index (χ0v) is 29.6. The van der Waals surface area contributed by atoms with E-state index in [2.05, 4.69) is 205 Å². The molecule has 9 aromatic carbocycles. The molecule has 0 fully saturated rings. The van der Waals surface area contributed by atoms with Crippen LogP contribution in [0.1, 0.15) is 0 Å². The third-order valence-electron chi connectivity index (χ3n) is 10.5. The molecule has 0 amide bonds. The number of nitrogens with zero attached hydrogens (tertiary/aromatic N) is 1. The molecule has 1 heterocycles. The van der Waals surface area contributed by atoms with Gasteiger partial charge in [0.1, 0.15) is 11.2 Å². The van der Waals surface area contributed by atoms with E-state index in [9.17, 15) is 0 Å². The Kier molecular flexibility index (Phi) is 7.85. The van der Waals surface area contributed by atoms with E-state index in [-0.39, 0.29) is 0 Å². The van der Waals surface area contributed by atoms with Gasteiger partial charge in [0.2, 0.25) is 0 Å². The normalized spacial score (nSPS) is 11.3. The summed E-state index contributed by atoms with van der Waals surface area (Å²) in [7, 11) is 0. The smallest absolute Gasteiger partial charge is 0.143 e. The van der Waals surface area contributed by atoms with Crippen LogP contribution in [0.5, 0.6) is 0 Å². The number of fused-ring (bicyclic) bond motifs is 4. The lowest BCUT2D eigenvalue weighted by molar-refractivity contribution is 0.670. The fraction of sp³-hybridized carbons (Fsp3) is 0. The topological polar surface area (TPSA) is 16.4 Å². The van der Waals surface area contributed by atoms with E-state index in [1.807, 2.05) is 12.1 Å². The van der Waals surface area contributed by atoms with Gasteiger partial charge in [-0.05, 0) is 86.6 Å². The van der Waals surface area contributed by atoms with E-state index >= 15 is 0 Å². The summed E-state index contributed by atoms with van der Waals surface area (Å²) in [5, 5.41) is 4.76. The molecule has 0 N–H and O–H groups in total. The van der Waals surface area contributed by atoms with Crippen LogP contribution < -0.4 is 4.90 Å². The molecule has 10 rings (SSSR count). The van der Waals surface area contributed by atoms with E-state index in [1.54, 1.807) is 0 Å². The van der Waals surface area contributed by atoms with Gasteiger partial charge in [-0.3, -0.25) is 0 Å². The van der Waals surface area contributed by atoms with Crippen LogP contribution in [0.4, 0.5) is 17.1 Å². The third-order valence-corrected chi connectivity index (χ3v) is 10.5. The molecule has 0 aliphatic rings. The minimum atomic E-state index is 0.905. The predicted molar refractivity (Wildman–Crippen MR) is 228 cm³/mol. The molecule has 1 aromatic heterocycles. The Morgan fingerprint density at radius 1 is 0.315 bits per heavy atom. The van der Waals surface area contributed by atoms with Crippen molar-refractivity contribution in [2.45, 2.75) is 0 Å². The Morgan fingerprint density at radius 2 is 0.907 bits per heavy atom. The number of hydrogen-bond donors (Lipinski definition) is 0. The molecule has 54 heavy (non-hydrogen) atoms. The minimum absolute atomic E-state index is 0.905. The summed E-state index contributed by atoms with van der Waals surface area (Å²) in [5.74, 6) is 0. The van der Waals surface area contributed by atoms with Crippen LogP contribution in [0, 0.1) is 0 Å². The monoisotopic (exact) mass is 689 g/mol. The minimum Gasteiger partial charge on any atom is -0.455 e. The molecule has 0 radical (unpaired) electrons. The Morgan fingerprint density at radius 3 is 1.80 bits per heavy atom. The molecule has 0 aliphatic carbocycles. The molecule has 0 unspecified atom stereocenters. The summed E-state index contributed by atoms with van der Waals surface area (Å²) in [6.07, 6.45) is 0. The van der Waals surface area contributed by atoms with Gasteiger partial charge in [-0.1, -0.05) is 170 Å². The first kappa shape index (κ1) is 31.6. The van der Waals surface area contributed by atoms with Gasteiger partial charge in [-0.15, -0.1) is 0 Å². The van der Waals surface area contributed by atoms with E-state index in [0.717, 1.165) is 61.3 Å². The maximum absolute atomic E-state index is 6.43. The van der Waals surface area contributed by atoms with Gasteiger partial charge in [0, 0.05) is 33.3 Å². The molecular formula is C52H35NO. The highest BCUT2D eigenvalue weighted by molar-refractivity contribution is 6.09. The van der Waals surface area contributed by atoms with Gasteiger partial charge >= 0.3 is 0 Å². The highest BCUT2D eigenvalue weighted by Gasteiger charge is 2.19. The summed E-state index contributed by atoms with van der Waals surface area (Å²) in [5.41, 5.74) is 14.4. The average molecular weight is 690 g/mol. The van der Waals surface area contributed by atoms with Crippen molar-refractivity contribution in [3.05, 3.63) is 212 Å². The zero-order chi connectivity index (χ0) is 35.8. The second-order valence-electron chi connectivity index (χ2n) is 13.7. The average Bonchev–Trinajstić information content (AvgIpc) is 3.64. The Hall–Kier alpha value is -7.16. The van der Waals surface area contributed by atoms with E-state index in [1.165, 1.54) is 33.0 Å². The van der Waals surface area contributed by atoms with Crippen molar-refractivity contribution in [3.63, 3.8) is 0 Å². The lowest BCUT2D eigenvalue weighted by Crippen LogP contribution is -2.11. The molecule has 2 heteroatoms. The van der Waals surface area contributed by atoms with E-state index in [4.69, 9.17) is 4.42 Å². The molecule has 0 saturated carbocycles. The molecule has 0 aliphatic heterocycles. The Labute approximate surface area is 314 Å². The maximum Gasteiger partial charge on any atom is 0.143 e. The fourth-order valence-corrected chi connectivity index (χ4v) is 7.89. The SMILES string of the molecule is c1ccc(-c2cccc(N(c3ccc(-c4cccc5c4oc4ccccc45)cc3)c3ccccc3-c3cccc(-c4cccc5ccccc45)c3)c2)cc1. The van der Waals surface area contributed by atoms with Crippen molar-refractivity contribution in [1.29, 1.82) is 0 Å². The van der Waals surface area contributed by atoms with Crippen LogP contribution in [-0.4, -0.2) is 0 Å². The van der Waals surface area contributed by atoms with Crippen molar-refractivity contribution in [3.8, 4) is 44.5 Å². The van der Waals surface area contributed by atoms with Crippen LogP contribution in [-0.2, 0) is 0 Å². The Balaban J connectivity index is 1.12. The number of para-hydroxylation sites is 3. The van der Waals surface area contributed by atoms with E-state index in [0.29, 0.717) is 0 Å². The van der Waals surface area contributed by atoms with Crippen LogP contribution in [0.3, 0.4) is 0 Å². The van der Waals surface area contributed by atoms with Gasteiger partial charge in [0.05, 0.1) is 5.69 Å². The lowest BCUT2D eigenvalue weighted by Gasteiger charge is -2.28. The second kappa shape index (κ2) is 13.4. The summed E-state index contributed by atoms with van der Waals surface area (Å²) >= 11 is 0. The number of furan rings is 1. The highest BCUT2D eigenvalue weighted by atomic mass is 16.3. The standard InChI is InChI=1S/C52H35NO/c1-2-14-36(15-3-1)39-18-11-21-43(35-39)53(42-32-30-38(31-33-42)47-26-13-27-49-48-24-7-9-29-51(48)54-52(47)49)50-28-8-6-23-46(50)41-20-10-19-40(34-41)45-25-12-17-37-16-4-5-22-44(37)45/h1-35H. The number of hydrogen-bond acceptors (Lipinski definition) is 2. The molecular weight excluding hydrogens is 655 g/mol. The third kappa shape index (κ3) is 5.62. The van der Waals surface area contributed by atoms with Crippen LogP contribution >= 0.6 is 0 Å². The first-order valence-electron chi connectivity index (χ1n) is 18.4. The largest absolute Gasteiger partial charge is 0.455 e. The quantitative estimate of drug-likeness (QED) is 0.166. The maximum atomic E-state index is 6.43. The summed E-state index contributed by atoms with van der Waals surface area (Å²) in [6, 6.07) is 75.9. The predicted octanol–water partition coefficient (Wildman–Crippen LogP) is 14.9. The van der Waals surface area contributed by atoms with Crippen molar-refractivity contribution in [2.24, 2.45) is 0 Å². The molecule has 10 aromatic rings. The summed E-state index contributed by atoms with van der Waals surface area (Å²) in [6.45, 7) is 0. The van der Waals surface area contributed by atoms with Crippen LogP contribution in [0.2, 0.25) is 0 Å². The van der Waals surface area contributed by atoms with Gasteiger partial charge in [-0.2, -0.15) is 0 Å². The van der Waals surface area contributed by atoms with Crippen molar-refractivity contribution >= 4 is 49.8 Å². The zero-order valence-electron chi connectivity index (χ0n) is 29.6. The number of rotatable bonds is 7. The highest BCUT2D eigenvalue weighted by Crippen LogP contribution is 2.44. The molecule has 0 bridgehead atoms. The van der Waals surface area contributed by atoms with Gasteiger partial charge in [-0.25, -0.2) is 0 Å². The van der Waals surface area contributed by atoms with Crippen molar-refractivity contribution in [2.75, 3.05) is 4.90 Å². The summed E-state index contributed by atoms with van der Waals surface area (Å²) in [4.78, 5) is 2.39. The number of benzene rings is 9. The summed E-state index contributed by atoms with van der Waals surface area (Å²) < 4.78 is 6.43. The number of anilines is 3. The second-order valence-corrected chi connectivity index (χ2v) is 13.7. The van der Waals surface area contributed by atoms with Crippen molar-refractivity contribution in [1.82, 2.24) is 0 Å². The Bertz CT molecular complexity index is 2930. The molecule has 2 nitrogen and oxygen atoms in total. The van der Waals surface area contributed by atoms with Crippen LogP contribution in [0.15, 0.2) is 217 Å². The van der Waals surface area contributed by atoms with E-state index < -0.39 is 0 Å². The lowest BCUT2D eigenvalue weighted by atomic mass is 9.94. The van der Waals surface area contributed by atoms with Crippen LogP contribution in [0.25, 0.3) is 77.2 Å². The van der Waals surface area contributed by atoms with Gasteiger partial charge in [0.15, 0.2) is 0 Å². The molecule has 0 saturated heterocycles. The van der Waals surface area contributed by atoms with Gasteiger partial charge < -0.3 is 9.32 Å².